The van der Waals surface area contributed by atoms with Gasteiger partial charge in [-0.3, -0.25) is 4.79 Å². The average molecular weight is 235 g/mol. The topological polar surface area (TPSA) is 60.8 Å². The van der Waals surface area contributed by atoms with Crippen LogP contribution in [0, 0.1) is 6.92 Å². The van der Waals surface area contributed by atoms with Crippen LogP contribution in [0.25, 0.3) is 0 Å². The van der Waals surface area contributed by atoms with Crippen LogP contribution in [0.5, 0.6) is 5.75 Å². The molecule has 1 fully saturated rings. The molecule has 4 heteroatoms. The van der Waals surface area contributed by atoms with Crippen molar-refractivity contribution in [2.45, 2.75) is 25.8 Å². The first-order valence-corrected chi connectivity index (χ1v) is 5.85. The molecule has 0 aliphatic carbocycles. The molecule has 2 N–H and O–H groups in total. The zero-order valence-electron chi connectivity index (χ0n) is 9.89. The smallest absolute Gasteiger partial charge is 0.257 e. The number of aliphatic hydroxyl groups excluding tert-OH is 1. The van der Waals surface area contributed by atoms with Gasteiger partial charge in [0.25, 0.3) is 5.91 Å². The van der Waals surface area contributed by atoms with Crippen LogP contribution >= 0.6 is 0 Å². The third kappa shape index (κ3) is 2.13. The Morgan fingerprint density at radius 1 is 1.53 bits per heavy atom. The molecule has 0 bridgehead atoms. The average Bonchev–Trinajstić information content (AvgIpc) is 2.80. The van der Waals surface area contributed by atoms with E-state index in [9.17, 15) is 15.0 Å². The lowest BCUT2D eigenvalue weighted by atomic mass is 10.1. The summed E-state index contributed by atoms with van der Waals surface area (Å²) in [4.78, 5) is 13.9. The van der Waals surface area contributed by atoms with Crippen LogP contribution < -0.4 is 0 Å². The minimum Gasteiger partial charge on any atom is -0.507 e. The summed E-state index contributed by atoms with van der Waals surface area (Å²) >= 11 is 0. The van der Waals surface area contributed by atoms with Gasteiger partial charge in [-0.15, -0.1) is 0 Å². The molecule has 0 spiro atoms. The standard InChI is InChI=1S/C13H17NO3/c1-9-4-2-6-11(12(9)16)13(17)14-7-3-5-10(14)8-15/h2,4,6,10,15-16H,3,5,7-8H2,1H3/t10-/m1/s1. The van der Waals surface area contributed by atoms with Crippen LogP contribution in [0.1, 0.15) is 28.8 Å². The summed E-state index contributed by atoms with van der Waals surface area (Å²) in [5.74, 6) is -0.149. The number of likely N-dealkylation sites (tertiary alicyclic amines) is 1. The minimum atomic E-state index is -0.192. The lowest BCUT2D eigenvalue weighted by Crippen LogP contribution is -2.37. The number of benzene rings is 1. The van der Waals surface area contributed by atoms with Crippen LogP contribution in [0.15, 0.2) is 18.2 Å². The fraction of sp³-hybridized carbons (Fsp3) is 0.462. The first-order valence-electron chi connectivity index (χ1n) is 5.85. The zero-order valence-corrected chi connectivity index (χ0v) is 9.89. The summed E-state index contributed by atoms with van der Waals surface area (Å²) in [7, 11) is 0. The highest BCUT2D eigenvalue weighted by atomic mass is 16.3. The Morgan fingerprint density at radius 3 is 3.00 bits per heavy atom. The number of aromatic hydroxyl groups is 1. The number of phenols is 1. The number of hydrogen-bond acceptors (Lipinski definition) is 3. The quantitative estimate of drug-likeness (QED) is 0.812. The van der Waals surface area contributed by atoms with Crippen molar-refractivity contribution in [3.63, 3.8) is 0 Å². The van der Waals surface area contributed by atoms with Crippen molar-refractivity contribution < 1.29 is 15.0 Å². The molecule has 1 aromatic carbocycles. The van der Waals surface area contributed by atoms with Crippen molar-refractivity contribution in [1.29, 1.82) is 0 Å². The molecule has 1 atom stereocenters. The van der Waals surface area contributed by atoms with E-state index in [-0.39, 0.29) is 24.3 Å². The molecule has 0 aromatic heterocycles. The van der Waals surface area contributed by atoms with Crippen molar-refractivity contribution in [3.05, 3.63) is 29.3 Å². The van der Waals surface area contributed by atoms with E-state index >= 15 is 0 Å². The Morgan fingerprint density at radius 2 is 2.29 bits per heavy atom. The lowest BCUT2D eigenvalue weighted by Gasteiger charge is -2.23. The maximum atomic E-state index is 12.2. The number of hydrogen-bond donors (Lipinski definition) is 2. The van der Waals surface area contributed by atoms with Gasteiger partial charge < -0.3 is 15.1 Å². The fourth-order valence-corrected chi connectivity index (χ4v) is 2.28. The van der Waals surface area contributed by atoms with E-state index in [0.717, 1.165) is 12.8 Å². The summed E-state index contributed by atoms with van der Waals surface area (Å²) in [6.45, 7) is 2.40. The molecule has 4 nitrogen and oxygen atoms in total. The van der Waals surface area contributed by atoms with Crippen molar-refractivity contribution in [2.75, 3.05) is 13.2 Å². The second-order valence-electron chi connectivity index (χ2n) is 4.45. The van der Waals surface area contributed by atoms with Crippen LogP contribution in [-0.2, 0) is 0 Å². The second kappa shape index (κ2) is 4.75. The number of phenolic OH excluding ortho intramolecular Hbond substituents is 1. The number of aliphatic hydroxyl groups is 1. The van der Waals surface area contributed by atoms with Crippen LogP contribution in [0.2, 0.25) is 0 Å². The molecule has 0 saturated carbocycles. The van der Waals surface area contributed by atoms with Gasteiger partial charge in [0.2, 0.25) is 0 Å². The molecule has 1 aromatic rings. The number of rotatable bonds is 2. The Labute approximate surface area is 100 Å². The molecule has 17 heavy (non-hydrogen) atoms. The first-order chi connectivity index (χ1) is 8.15. The fourth-order valence-electron chi connectivity index (χ4n) is 2.28. The SMILES string of the molecule is Cc1cccc(C(=O)N2CCC[C@@H]2CO)c1O. The Kier molecular flexibility index (Phi) is 3.33. The Hall–Kier alpha value is -1.55. The number of carbonyl (C=O) groups excluding carboxylic acids is 1. The van der Waals surface area contributed by atoms with Gasteiger partial charge in [-0.05, 0) is 31.4 Å². The van der Waals surface area contributed by atoms with Crippen LogP contribution in [0.3, 0.4) is 0 Å². The predicted octanol–water partition coefficient (Wildman–Crippen LogP) is 1.30. The van der Waals surface area contributed by atoms with Gasteiger partial charge in [0, 0.05) is 6.54 Å². The van der Waals surface area contributed by atoms with E-state index in [1.165, 1.54) is 0 Å². The number of aryl methyl sites for hydroxylation is 1. The maximum Gasteiger partial charge on any atom is 0.257 e. The highest BCUT2D eigenvalue weighted by molar-refractivity contribution is 5.97. The molecule has 1 aliphatic rings. The number of amides is 1. The monoisotopic (exact) mass is 235 g/mol. The minimum absolute atomic E-state index is 0.0156. The van der Waals surface area contributed by atoms with E-state index in [4.69, 9.17) is 0 Å². The molecule has 1 amide bonds. The van der Waals surface area contributed by atoms with Crippen molar-refractivity contribution in [3.8, 4) is 5.75 Å². The van der Waals surface area contributed by atoms with Crippen LogP contribution in [-0.4, -0.2) is 40.2 Å². The van der Waals surface area contributed by atoms with E-state index in [1.807, 2.05) is 0 Å². The van der Waals surface area contributed by atoms with Crippen molar-refractivity contribution in [1.82, 2.24) is 4.90 Å². The highest BCUT2D eigenvalue weighted by Gasteiger charge is 2.30. The van der Waals surface area contributed by atoms with Gasteiger partial charge in [-0.1, -0.05) is 12.1 Å². The first kappa shape index (κ1) is 11.9. The molecule has 0 radical (unpaired) electrons. The summed E-state index contributed by atoms with van der Waals surface area (Å²) in [5.41, 5.74) is 1.01. The van der Waals surface area contributed by atoms with E-state index in [2.05, 4.69) is 0 Å². The summed E-state index contributed by atoms with van der Waals surface area (Å²) in [6, 6.07) is 5.03. The zero-order chi connectivity index (χ0) is 12.4. The second-order valence-corrected chi connectivity index (χ2v) is 4.45. The van der Waals surface area contributed by atoms with Gasteiger partial charge in [0.15, 0.2) is 0 Å². The number of nitrogens with zero attached hydrogens (tertiary/aromatic N) is 1. The summed E-state index contributed by atoms with van der Waals surface area (Å²) < 4.78 is 0. The molecular formula is C13H17NO3. The Balaban J connectivity index is 2.28. The molecule has 2 rings (SSSR count). The van der Waals surface area contributed by atoms with Gasteiger partial charge in [-0.25, -0.2) is 0 Å². The van der Waals surface area contributed by atoms with Crippen molar-refractivity contribution in [2.24, 2.45) is 0 Å². The Bertz CT molecular complexity index is 431. The highest BCUT2D eigenvalue weighted by Crippen LogP contribution is 2.26. The lowest BCUT2D eigenvalue weighted by molar-refractivity contribution is 0.0674. The molecule has 1 saturated heterocycles. The largest absolute Gasteiger partial charge is 0.507 e. The summed E-state index contributed by atoms with van der Waals surface area (Å²) in [6.07, 6.45) is 1.73. The normalized spacial score (nSPS) is 19.6. The third-order valence-electron chi connectivity index (χ3n) is 3.32. The molecular weight excluding hydrogens is 218 g/mol. The number of carbonyl (C=O) groups is 1. The number of para-hydroxylation sites is 1. The van der Waals surface area contributed by atoms with E-state index < -0.39 is 0 Å². The third-order valence-corrected chi connectivity index (χ3v) is 3.32. The van der Waals surface area contributed by atoms with Crippen molar-refractivity contribution >= 4 is 5.91 Å². The van der Waals surface area contributed by atoms with E-state index in [1.54, 1.807) is 30.0 Å². The summed E-state index contributed by atoms with van der Waals surface area (Å²) in [5, 5.41) is 19.1. The van der Waals surface area contributed by atoms with Crippen LogP contribution in [0.4, 0.5) is 0 Å². The molecule has 0 unspecified atom stereocenters. The van der Waals surface area contributed by atoms with Gasteiger partial charge in [-0.2, -0.15) is 0 Å². The van der Waals surface area contributed by atoms with Gasteiger partial charge in [0.1, 0.15) is 5.75 Å². The van der Waals surface area contributed by atoms with E-state index in [0.29, 0.717) is 17.7 Å². The molecule has 1 heterocycles. The van der Waals surface area contributed by atoms with Gasteiger partial charge in [0.05, 0.1) is 18.2 Å². The molecule has 1 aliphatic heterocycles. The predicted molar refractivity (Wildman–Crippen MR) is 64.0 cm³/mol. The molecule has 92 valence electrons. The maximum absolute atomic E-state index is 12.2. The van der Waals surface area contributed by atoms with Gasteiger partial charge >= 0.3 is 0 Å².